The summed E-state index contributed by atoms with van der Waals surface area (Å²) in [6.45, 7) is 0.274. The molecule has 7 heteroatoms. The fraction of sp³-hybridized carbons (Fsp3) is 0.200. The van der Waals surface area contributed by atoms with Gasteiger partial charge in [-0.1, -0.05) is 48.5 Å². The Morgan fingerprint density at radius 1 is 0.938 bits per heavy atom. The fourth-order valence-electron chi connectivity index (χ4n) is 3.80. The van der Waals surface area contributed by atoms with Crippen LogP contribution in [-0.4, -0.2) is 43.0 Å². The Labute approximate surface area is 185 Å². The van der Waals surface area contributed by atoms with Gasteiger partial charge in [0.15, 0.2) is 0 Å². The second-order valence-corrected chi connectivity index (χ2v) is 7.54. The van der Waals surface area contributed by atoms with E-state index < -0.39 is 12.0 Å². The van der Waals surface area contributed by atoms with E-state index >= 15 is 0 Å². The second kappa shape index (κ2) is 9.64. The van der Waals surface area contributed by atoms with Gasteiger partial charge in [0.1, 0.15) is 19.4 Å². The average molecular weight is 432 g/mol. The standard InChI is InChI=1S/C25H24N2O5/c26-23(24(28)29)14-31-15-27-17-11-9-16(10-12-17)25(30)32-13-22-20-7-3-1-5-18(20)19-6-2-4-8-21(19)22/h1-12,22-23,27H,13-15,26H2,(H,28,29)/t23-/m0/s1. The van der Waals surface area contributed by atoms with Crippen LogP contribution in [0.5, 0.6) is 0 Å². The number of benzene rings is 3. The van der Waals surface area contributed by atoms with E-state index in [0.717, 1.165) is 5.69 Å². The van der Waals surface area contributed by atoms with Crippen LogP contribution >= 0.6 is 0 Å². The lowest BCUT2D eigenvalue weighted by Gasteiger charge is -2.14. The Morgan fingerprint density at radius 2 is 1.53 bits per heavy atom. The molecule has 0 fully saturated rings. The van der Waals surface area contributed by atoms with Crippen molar-refractivity contribution < 1.29 is 24.2 Å². The van der Waals surface area contributed by atoms with Crippen molar-refractivity contribution >= 4 is 17.6 Å². The normalized spacial score (nSPS) is 13.2. The Balaban J connectivity index is 1.33. The first-order valence-corrected chi connectivity index (χ1v) is 10.3. The van der Waals surface area contributed by atoms with Gasteiger partial charge in [-0.25, -0.2) is 4.79 Å². The minimum absolute atomic E-state index is 0.0154. The molecular formula is C25H24N2O5. The lowest BCUT2D eigenvalue weighted by Crippen LogP contribution is -2.35. The summed E-state index contributed by atoms with van der Waals surface area (Å²) in [7, 11) is 0. The van der Waals surface area contributed by atoms with Gasteiger partial charge in [0.2, 0.25) is 0 Å². The van der Waals surface area contributed by atoms with Crippen molar-refractivity contribution in [2.75, 3.05) is 25.3 Å². The SMILES string of the molecule is N[C@@H](COCNc1ccc(C(=O)OCC2c3ccccc3-c3ccccc32)cc1)C(=O)O. The van der Waals surface area contributed by atoms with Gasteiger partial charge in [0.25, 0.3) is 0 Å². The Bertz CT molecular complexity index is 1070. The third-order valence-corrected chi connectivity index (χ3v) is 5.46. The number of hydrogen-bond acceptors (Lipinski definition) is 6. The van der Waals surface area contributed by atoms with Crippen molar-refractivity contribution in [1.82, 2.24) is 0 Å². The molecule has 0 aromatic heterocycles. The van der Waals surface area contributed by atoms with Crippen molar-refractivity contribution in [2.24, 2.45) is 5.73 Å². The number of ether oxygens (including phenoxy) is 2. The maximum absolute atomic E-state index is 12.6. The third kappa shape index (κ3) is 4.64. The Hall–Kier alpha value is -3.68. The number of carbonyl (C=O) groups is 2. The number of carboxylic acid groups (broad SMARTS) is 1. The van der Waals surface area contributed by atoms with Crippen LogP contribution in [0.25, 0.3) is 11.1 Å². The van der Waals surface area contributed by atoms with Gasteiger partial charge < -0.3 is 25.6 Å². The van der Waals surface area contributed by atoms with Crippen molar-refractivity contribution in [1.29, 1.82) is 0 Å². The quantitative estimate of drug-likeness (QED) is 0.270. The Kier molecular flexibility index (Phi) is 6.49. The highest BCUT2D eigenvalue weighted by Gasteiger charge is 2.29. The van der Waals surface area contributed by atoms with Crippen LogP contribution < -0.4 is 11.1 Å². The minimum atomic E-state index is -1.11. The number of nitrogens with two attached hydrogens (primary N) is 1. The highest BCUT2D eigenvalue weighted by Crippen LogP contribution is 2.44. The molecule has 4 N–H and O–H groups in total. The zero-order valence-electron chi connectivity index (χ0n) is 17.4. The first kappa shape index (κ1) is 21.5. The smallest absolute Gasteiger partial charge is 0.338 e. The summed E-state index contributed by atoms with van der Waals surface area (Å²) in [5.74, 6) is -1.49. The van der Waals surface area contributed by atoms with Gasteiger partial charge in [-0.2, -0.15) is 0 Å². The molecule has 0 saturated carbocycles. The summed E-state index contributed by atoms with van der Waals surface area (Å²) in [6.07, 6.45) is 0. The van der Waals surface area contributed by atoms with E-state index in [1.165, 1.54) is 22.3 Å². The summed E-state index contributed by atoms with van der Waals surface area (Å²) in [5.41, 5.74) is 11.3. The summed E-state index contributed by atoms with van der Waals surface area (Å²) >= 11 is 0. The first-order chi connectivity index (χ1) is 15.5. The van der Waals surface area contributed by atoms with E-state index in [1.807, 2.05) is 24.3 Å². The van der Waals surface area contributed by atoms with Crippen LogP contribution in [-0.2, 0) is 14.3 Å². The summed E-state index contributed by atoms with van der Waals surface area (Å²) in [5, 5.41) is 11.7. The lowest BCUT2D eigenvalue weighted by molar-refractivity contribution is -0.139. The average Bonchev–Trinajstić information content (AvgIpc) is 3.14. The molecule has 4 rings (SSSR count). The molecule has 0 unspecified atom stereocenters. The molecule has 7 nitrogen and oxygen atoms in total. The molecule has 3 aromatic carbocycles. The minimum Gasteiger partial charge on any atom is -0.480 e. The van der Waals surface area contributed by atoms with E-state index in [0.29, 0.717) is 5.56 Å². The molecule has 0 heterocycles. The first-order valence-electron chi connectivity index (χ1n) is 10.3. The fourth-order valence-corrected chi connectivity index (χ4v) is 3.80. The number of anilines is 1. The van der Waals surface area contributed by atoms with E-state index in [-0.39, 0.29) is 31.8 Å². The summed E-state index contributed by atoms with van der Waals surface area (Å²) < 4.78 is 10.8. The number of aliphatic carboxylic acids is 1. The van der Waals surface area contributed by atoms with Gasteiger partial charge in [-0.05, 0) is 46.5 Å². The van der Waals surface area contributed by atoms with Crippen LogP contribution in [0, 0.1) is 0 Å². The molecule has 1 atom stereocenters. The molecule has 0 saturated heterocycles. The van der Waals surface area contributed by atoms with E-state index in [9.17, 15) is 9.59 Å². The van der Waals surface area contributed by atoms with E-state index in [2.05, 4.69) is 29.6 Å². The summed E-state index contributed by atoms with van der Waals surface area (Å²) in [6, 6.07) is 22.2. The highest BCUT2D eigenvalue weighted by atomic mass is 16.5. The van der Waals surface area contributed by atoms with Crippen molar-refractivity contribution in [3.8, 4) is 11.1 Å². The van der Waals surface area contributed by atoms with Gasteiger partial charge in [0.05, 0.1) is 12.2 Å². The molecule has 0 bridgehead atoms. The van der Waals surface area contributed by atoms with E-state index in [4.69, 9.17) is 20.3 Å². The number of carbonyl (C=O) groups excluding carboxylic acids is 1. The van der Waals surface area contributed by atoms with Crippen LogP contribution in [0.15, 0.2) is 72.8 Å². The van der Waals surface area contributed by atoms with Crippen LogP contribution in [0.1, 0.15) is 27.4 Å². The topological polar surface area (TPSA) is 111 Å². The number of fused-ring (bicyclic) bond motifs is 3. The molecular weight excluding hydrogens is 408 g/mol. The molecule has 1 aliphatic carbocycles. The highest BCUT2D eigenvalue weighted by molar-refractivity contribution is 5.90. The van der Waals surface area contributed by atoms with Crippen LogP contribution in [0.4, 0.5) is 5.69 Å². The zero-order chi connectivity index (χ0) is 22.5. The monoisotopic (exact) mass is 432 g/mol. The van der Waals surface area contributed by atoms with Gasteiger partial charge in [-0.15, -0.1) is 0 Å². The second-order valence-electron chi connectivity index (χ2n) is 7.54. The van der Waals surface area contributed by atoms with Crippen molar-refractivity contribution in [3.63, 3.8) is 0 Å². The molecule has 0 amide bonds. The maximum atomic E-state index is 12.6. The molecule has 0 radical (unpaired) electrons. The van der Waals surface area contributed by atoms with Crippen LogP contribution in [0.3, 0.4) is 0 Å². The number of esters is 1. The van der Waals surface area contributed by atoms with Gasteiger partial charge in [0, 0.05) is 11.6 Å². The molecule has 164 valence electrons. The van der Waals surface area contributed by atoms with E-state index in [1.54, 1.807) is 24.3 Å². The molecule has 32 heavy (non-hydrogen) atoms. The predicted octanol–water partition coefficient (Wildman–Crippen LogP) is 3.45. The van der Waals surface area contributed by atoms with Crippen molar-refractivity contribution in [2.45, 2.75) is 12.0 Å². The third-order valence-electron chi connectivity index (χ3n) is 5.46. The largest absolute Gasteiger partial charge is 0.480 e. The zero-order valence-corrected chi connectivity index (χ0v) is 17.4. The molecule has 0 aliphatic heterocycles. The summed E-state index contributed by atoms with van der Waals surface area (Å²) in [4.78, 5) is 23.3. The lowest BCUT2D eigenvalue weighted by atomic mass is 9.98. The maximum Gasteiger partial charge on any atom is 0.338 e. The van der Waals surface area contributed by atoms with Crippen LogP contribution in [0.2, 0.25) is 0 Å². The number of hydrogen-bond donors (Lipinski definition) is 3. The predicted molar refractivity (Wildman–Crippen MR) is 120 cm³/mol. The Morgan fingerprint density at radius 3 is 2.12 bits per heavy atom. The molecule has 3 aromatic rings. The number of carboxylic acids is 1. The molecule has 1 aliphatic rings. The van der Waals surface area contributed by atoms with Crippen molar-refractivity contribution in [3.05, 3.63) is 89.5 Å². The number of nitrogens with one attached hydrogen (secondary N) is 1. The van der Waals surface area contributed by atoms with Gasteiger partial charge in [-0.3, -0.25) is 4.79 Å². The van der Waals surface area contributed by atoms with Gasteiger partial charge >= 0.3 is 11.9 Å². The number of rotatable bonds is 9. The molecule has 0 spiro atoms.